The largest absolute Gasteiger partial charge is 0.465 e. The molecule has 7 nitrogen and oxygen atoms in total. The van der Waals surface area contributed by atoms with Crippen LogP contribution >= 0.6 is 11.8 Å². The third-order valence-corrected chi connectivity index (χ3v) is 4.78. The number of hydrogen-bond acceptors (Lipinski definition) is 6. The lowest BCUT2D eigenvalue weighted by molar-refractivity contribution is -0.115. The molecule has 27 heavy (non-hydrogen) atoms. The van der Waals surface area contributed by atoms with E-state index in [4.69, 9.17) is 0 Å². The van der Waals surface area contributed by atoms with E-state index in [0.29, 0.717) is 27.3 Å². The fourth-order valence-corrected chi connectivity index (χ4v) is 3.23. The lowest BCUT2D eigenvalue weighted by atomic mass is 10.2. The minimum absolute atomic E-state index is 0.249. The van der Waals surface area contributed by atoms with Gasteiger partial charge in [-0.25, -0.2) is 9.78 Å². The van der Waals surface area contributed by atoms with Crippen LogP contribution in [-0.4, -0.2) is 34.2 Å². The van der Waals surface area contributed by atoms with Crippen molar-refractivity contribution in [2.75, 3.05) is 12.4 Å². The van der Waals surface area contributed by atoms with Crippen LogP contribution in [0.5, 0.6) is 0 Å². The molecule has 3 rings (SSSR count). The molecule has 0 bridgehead atoms. The average Bonchev–Trinajstić information content (AvgIpc) is 2.67. The summed E-state index contributed by atoms with van der Waals surface area (Å²) in [5, 5.41) is 3.09. The number of aromatic nitrogens is 2. The number of aromatic amines is 1. The molecule has 2 N–H and O–H groups in total. The molecular weight excluding hydrogens is 366 g/mol. The maximum absolute atomic E-state index is 12.4. The summed E-state index contributed by atoms with van der Waals surface area (Å²) in [4.78, 5) is 43.2. The molecule has 0 aliphatic carbocycles. The van der Waals surface area contributed by atoms with Crippen molar-refractivity contribution in [3.63, 3.8) is 0 Å². The van der Waals surface area contributed by atoms with Crippen LogP contribution in [-0.2, 0) is 9.53 Å². The van der Waals surface area contributed by atoms with Gasteiger partial charge in [0.25, 0.3) is 5.56 Å². The highest BCUT2D eigenvalue weighted by Gasteiger charge is 2.17. The molecule has 0 aliphatic rings. The fraction of sp³-hybridized carbons (Fsp3) is 0.158. The molecule has 0 aliphatic heterocycles. The van der Waals surface area contributed by atoms with Crippen LogP contribution in [0.25, 0.3) is 10.9 Å². The van der Waals surface area contributed by atoms with E-state index in [2.05, 4.69) is 20.0 Å². The van der Waals surface area contributed by atoms with E-state index in [1.54, 1.807) is 49.4 Å². The number of carbonyl (C=O) groups is 2. The molecular formula is C19H17N3O4S. The van der Waals surface area contributed by atoms with Crippen LogP contribution in [0.1, 0.15) is 17.3 Å². The first kappa shape index (κ1) is 18.7. The molecule has 0 fully saturated rings. The van der Waals surface area contributed by atoms with Crippen LogP contribution in [0.4, 0.5) is 5.69 Å². The van der Waals surface area contributed by atoms with E-state index in [1.165, 1.54) is 13.2 Å². The summed E-state index contributed by atoms with van der Waals surface area (Å²) < 4.78 is 4.67. The van der Waals surface area contributed by atoms with Crippen LogP contribution in [0.2, 0.25) is 0 Å². The van der Waals surface area contributed by atoms with Gasteiger partial charge in [-0.2, -0.15) is 0 Å². The number of nitrogens with one attached hydrogen (secondary N) is 2. The number of methoxy groups -OCH3 is 1. The first-order chi connectivity index (χ1) is 13.0. The Bertz CT molecular complexity index is 1060. The molecule has 0 saturated carbocycles. The summed E-state index contributed by atoms with van der Waals surface area (Å²) >= 11 is 1.14. The van der Waals surface area contributed by atoms with Gasteiger partial charge < -0.3 is 15.0 Å². The topological polar surface area (TPSA) is 101 Å². The van der Waals surface area contributed by atoms with Gasteiger partial charge in [0.05, 0.1) is 28.8 Å². The van der Waals surface area contributed by atoms with Crippen molar-refractivity contribution in [1.29, 1.82) is 0 Å². The Hall–Kier alpha value is -3.13. The van der Waals surface area contributed by atoms with Crippen LogP contribution in [0.3, 0.4) is 0 Å². The summed E-state index contributed by atoms with van der Waals surface area (Å²) in [6.07, 6.45) is 0. The normalized spacial score (nSPS) is 11.8. The van der Waals surface area contributed by atoms with E-state index in [-0.39, 0.29) is 11.5 Å². The predicted octanol–water partition coefficient (Wildman–Crippen LogP) is 2.83. The molecule has 138 valence electrons. The number of fused-ring (bicyclic) bond motifs is 1. The summed E-state index contributed by atoms with van der Waals surface area (Å²) in [5.74, 6) is -0.760. The van der Waals surface area contributed by atoms with Gasteiger partial charge in [0.15, 0.2) is 5.16 Å². The van der Waals surface area contributed by atoms with Gasteiger partial charge in [-0.05, 0) is 37.3 Å². The van der Waals surface area contributed by atoms with E-state index in [1.807, 2.05) is 0 Å². The first-order valence-corrected chi connectivity index (χ1v) is 9.01. The lowest BCUT2D eigenvalue weighted by Crippen LogP contribution is -2.23. The van der Waals surface area contributed by atoms with Crippen molar-refractivity contribution in [2.24, 2.45) is 0 Å². The quantitative estimate of drug-likeness (QED) is 0.399. The Morgan fingerprint density at radius 3 is 2.74 bits per heavy atom. The van der Waals surface area contributed by atoms with E-state index in [9.17, 15) is 14.4 Å². The highest BCUT2D eigenvalue weighted by molar-refractivity contribution is 8.00. The number of para-hydroxylation sites is 1. The minimum atomic E-state index is -0.518. The Kier molecular flexibility index (Phi) is 5.56. The van der Waals surface area contributed by atoms with Gasteiger partial charge in [-0.15, -0.1) is 0 Å². The molecule has 0 spiro atoms. The predicted molar refractivity (Wildman–Crippen MR) is 104 cm³/mol. The van der Waals surface area contributed by atoms with Crippen LogP contribution in [0, 0.1) is 0 Å². The third kappa shape index (κ3) is 4.35. The van der Waals surface area contributed by atoms with Gasteiger partial charge in [-0.1, -0.05) is 30.0 Å². The summed E-state index contributed by atoms with van der Waals surface area (Å²) in [6.45, 7) is 1.71. The zero-order valence-electron chi connectivity index (χ0n) is 14.7. The first-order valence-electron chi connectivity index (χ1n) is 8.13. The third-order valence-electron chi connectivity index (χ3n) is 3.80. The van der Waals surface area contributed by atoms with Gasteiger partial charge in [0.2, 0.25) is 5.91 Å². The summed E-state index contributed by atoms with van der Waals surface area (Å²) in [6, 6.07) is 13.5. The minimum Gasteiger partial charge on any atom is -0.465 e. The highest BCUT2D eigenvalue weighted by Crippen LogP contribution is 2.22. The van der Waals surface area contributed by atoms with Gasteiger partial charge >= 0.3 is 5.97 Å². The van der Waals surface area contributed by atoms with Crippen molar-refractivity contribution >= 4 is 40.2 Å². The number of H-pyrrole nitrogens is 1. The molecule has 2 aromatic carbocycles. The zero-order valence-corrected chi connectivity index (χ0v) is 15.5. The maximum Gasteiger partial charge on any atom is 0.337 e. The zero-order chi connectivity index (χ0) is 19.4. The number of nitrogens with zero attached hydrogens (tertiary/aromatic N) is 1. The van der Waals surface area contributed by atoms with E-state index >= 15 is 0 Å². The van der Waals surface area contributed by atoms with Crippen molar-refractivity contribution in [3.05, 3.63) is 64.4 Å². The number of benzene rings is 2. The van der Waals surface area contributed by atoms with Crippen molar-refractivity contribution in [2.45, 2.75) is 17.3 Å². The number of hydrogen-bond donors (Lipinski definition) is 2. The molecule has 1 heterocycles. The van der Waals surface area contributed by atoms with E-state index in [0.717, 1.165) is 11.8 Å². The Labute approximate surface area is 159 Å². The molecule has 0 saturated heterocycles. The van der Waals surface area contributed by atoms with Crippen molar-refractivity contribution < 1.29 is 14.3 Å². The summed E-state index contributed by atoms with van der Waals surface area (Å²) in [5.41, 5.74) is 1.15. The SMILES string of the molecule is COC(=O)c1cccc(NC(=O)C(C)Sc2nc3ccccc3c(=O)[nH]2)c1. The lowest BCUT2D eigenvalue weighted by Gasteiger charge is -2.12. The summed E-state index contributed by atoms with van der Waals surface area (Å²) in [7, 11) is 1.30. The van der Waals surface area contributed by atoms with Gasteiger partial charge in [0.1, 0.15) is 0 Å². The average molecular weight is 383 g/mol. The smallest absolute Gasteiger partial charge is 0.337 e. The van der Waals surface area contributed by atoms with Crippen LogP contribution in [0.15, 0.2) is 58.5 Å². The van der Waals surface area contributed by atoms with E-state index < -0.39 is 11.2 Å². The molecule has 1 aromatic heterocycles. The number of esters is 1. The van der Waals surface area contributed by atoms with Crippen molar-refractivity contribution in [1.82, 2.24) is 9.97 Å². The molecule has 8 heteroatoms. The second kappa shape index (κ2) is 8.05. The van der Waals surface area contributed by atoms with Crippen molar-refractivity contribution in [3.8, 4) is 0 Å². The molecule has 0 radical (unpaired) electrons. The standard InChI is InChI=1S/C19H17N3O4S/c1-11(16(23)20-13-7-5-6-12(10-13)18(25)26-2)27-19-21-15-9-4-3-8-14(15)17(24)22-19/h3-11H,1-2H3,(H,20,23)(H,21,22,24). The van der Waals surface area contributed by atoms with Crippen LogP contribution < -0.4 is 10.9 Å². The maximum atomic E-state index is 12.4. The highest BCUT2D eigenvalue weighted by atomic mass is 32.2. The second-order valence-electron chi connectivity index (χ2n) is 5.71. The second-order valence-corrected chi connectivity index (χ2v) is 7.04. The fourth-order valence-electron chi connectivity index (χ4n) is 2.43. The number of amides is 1. The van der Waals surface area contributed by atoms with Gasteiger partial charge in [-0.3, -0.25) is 9.59 Å². The molecule has 1 atom stereocenters. The van der Waals surface area contributed by atoms with Gasteiger partial charge in [0, 0.05) is 5.69 Å². The number of thioether (sulfide) groups is 1. The molecule has 1 unspecified atom stereocenters. The number of anilines is 1. The Balaban J connectivity index is 1.73. The molecule has 3 aromatic rings. The Morgan fingerprint density at radius 1 is 1.19 bits per heavy atom. The molecule has 1 amide bonds. The monoisotopic (exact) mass is 383 g/mol. The number of rotatable bonds is 5. The number of carbonyl (C=O) groups excluding carboxylic acids is 2. The number of ether oxygens (including phenoxy) is 1. The Morgan fingerprint density at radius 2 is 1.96 bits per heavy atom.